The van der Waals surface area contributed by atoms with Gasteiger partial charge in [-0.3, -0.25) is 4.57 Å². The molecule has 0 spiro atoms. The van der Waals surface area contributed by atoms with E-state index in [9.17, 15) is 5.11 Å². The van der Waals surface area contributed by atoms with E-state index < -0.39 is 0 Å². The van der Waals surface area contributed by atoms with Crippen molar-refractivity contribution in [3.63, 3.8) is 0 Å². The van der Waals surface area contributed by atoms with Crippen molar-refractivity contribution in [1.82, 2.24) is 4.57 Å². The minimum atomic E-state index is 0. The molecule has 0 atom stereocenters. The molecule has 1 aromatic heterocycles. The van der Waals surface area contributed by atoms with Crippen molar-refractivity contribution in [2.24, 2.45) is 0 Å². The summed E-state index contributed by atoms with van der Waals surface area (Å²) in [5, 5.41) is 18.4. The first-order chi connectivity index (χ1) is 14.8. The van der Waals surface area contributed by atoms with Crippen molar-refractivity contribution in [2.45, 2.75) is 0 Å². The molecule has 31 heavy (non-hydrogen) atoms. The van der Waals surface area contributed by atoms with E-state index in [0.717, 1.165) is 16.7 Å². The molecule has 1 N–H and O–H groups in total. The van der Waals surface area contributed by atoms with Crippen molar-refractivity contribution in [3.05, 3.63) is 121 Å². The van der Waals surface area contributed by atoms with Gasteiger partial charge in [-0.15, -0.1) is 0 Å². The molecule has 5 rings (SSSR count). The van der Waals surface area contributed by atoms with E-state index in [0.29, 0.717) is 11.3 Å². The van der Waals surface area contributed by atoms with Gasteiger partial charge in [0.25, 0.3) is 6.33 Å². The van der Waals surface area contributed by atoms with Gasteiger partial charge in [0.2, 0.25) is 0 Å². The number of phenols is 1. The van der Waals surface area contributed by atoms with Crippen LogP contribution in [0, 0.1) is 23.7 Å². The molecule has 0 bridgehead atoms. The van der Waals surface area contributed by atoms with Crippen LogP contribution in [-0.2, 0) is 21.1 Å². The Kier molecular flexibility index (Phi) is 7.38. The van der Waals surface area contributed by atoms with Crippen molar-refractivity contribution >= 4 is 11.0 Å². The van der Waals surface area contributed by atoms with Crippen LogP contribution in [0.5, 0.6) is 5.75 Å². The fourth-order valence-corrected chi connectivity index (χ4v) is 3.11. The molecule has 0 unspecified atom stereocenters. The van der Waals surface area contributed by atoms with Crippen molar-refractivity contribution in [1.29, 1.82) is 5.26 Å². The number of para-hydroxylation sites is 5. The monoisotopic (exact) mass is 583 g/mol. The molecule has 4 nitrogen and oxygen atoms in total. The van der Waals surface area contributed by atoms with Crippen LogP contribution < -0.4 is 4.57 Å². The summed E-state index contributed by atoms with van der Waals surface area (Å²) in [5.74, 6) is 0.226. The summed E-state index contributed by atoms with van der Waals surface area (Å²) in [6.07, 6.45) is 3.31. The van der Waals surface area contributed by atoms with E-state index in [4.69, 9.17) is 5.26 Å². The maximum Gasteiger partial charge on any atom is 2.00 e. The second-order valence-electron chi connectivity index (χ2n) is 6.47. The Morgan fingerprint density at radius 1 is 0.806 bits per heavy atom. The third-order valence-corrected chi connectivity index (χ3v) is 4.52. The van der Waals surface area contributed by atoms with Crippen molar-refractivity contribution < 1.29 is 30.7 Å². The van der Waals surface area contributed by atoms with Gasteiger partial charge in [0.05, 0.1) is 22.7 Å². The fraction of sp³-hybridized carbons (Fsp3) is 0. The van der Waals surface area contributed by atoms with Gasteiger partial charge in [0, 0.05) is 0 Å². The Morgan fingerprint density at radius 2 is 1.48 bits per heavy atom. The molecule has 5 heteroatoms. The first kappa shape index (κ1) is 22.0. The maximum absolute atomic E-state index is 10.1. The zero-order valence-corrected chi connectivity index (χ0v) is 18.7. The Balaban J connectivity index is 0.000000258. The number of nitriles is 1. The number of aromatic hydroxyl groups is 1. The average molecular weight is 584 g/mol. The first-order valence-corrected chi connectivity index (χ1v) is 9.43. The van der Waals surface area contributed by atoms with E-state index in [1.165, 1.54) is 0 Å². The summed E-state index contributed by atoms with van der Waals surface area (Å²) >= 11 is 0. The topological polar surface area (TPSA) is 52.8 Å². The summed E-state index contributed by atoms with van der Waals surface area (Å²) < 4.78 is 3.81. The van der Waals surface area contributed by atoms with Crippen LogP contribution in [-0.4, -0.2) is 9.67 Å². The normalized spacial score (nSPS) is 9.77. The largest absolute Gasteiger partial charge is 2.00 e. The van der Waals surface area contributed by atoms with Crippen molar-refractivity contribution in [3.8, 4) is 23.2 Å². The number of fused-ring (bicyclic) bond motifs is 1. The third kappa shape index (κ3) is 4.91. The van der Waals surface area contributed by atoms with Gasteiger partial charge in [-0.05, 0) is 30.0 Å². The zero-order chi connectivity index (χ0) is 20.8. The minimum absolute atomic E-state index is 0. The molecule has 0 amide bonds. The third-order valence-electron chi connectivity index (χ3n) is 4.52. The molecule has 0 aliphatic carbocycles. The summed E-state index contributed by atoms with van der Waals surface area (Å²) in [6.45, 7) is 0. The van der Waals surface area contributed by atoms with Crippen LogP contribution in [0.3, 0.4) is 0 Å². The smallest absolute Gasteiger partial charge is 0.511 e. The molecular weight excluding hydrogens is 565 g/mol. The minimum Gasteiger partial charge on any atom is -0.511 e. The quantitative estimate of drug-likeness (QED) is 0.241. The van der Waals surface area contributed by atoms with Crippen LogP contribution in [0.4, 0.5) is 0 Å². The molecule has 0 aliphatic rings. The van der Waals surface area contributed by atoms with Gasteiger partial charge in [0.15, 0.2) is 0 Å². The molecule has 0 fully saturated rings. The van der Waals surface area contributed by atoms with Gasteiger partial charge in [0.1, 0.15) is 11.4 Å². The second kappa shape index (κ2) is 10.4. The molecule has 4 aromatic carbocycles. The van der Waals surface area contributed by atoms with Gasteiger partial charge in [-0.2, -0.15) is 35.6 Å². The van der Waals surface area contributed by atoms with E-state index in [2.05, 4.69) is 12.4 Å². The number of benzene rings is 4. The van der Waals surface area contributed by atoms with E-state index in [1.807, 2.05) is 100 Å². The molecular formula is C26H18N3OPt+. The Hall–Kier alpha value is -3.67. The van der Waals surface area contributed by atoms with E-state index in [-0.39, 0.29) is 26.8 Å². The average Bonchev–Trinajstić information content (AvgIpc) is 3.20. The van der Waals surface area contributed by atoms with Crippen LogP contribution in [0.25, 0.3) is 22.4 Å². The summed E-state index contributed by atoms with van der Waals surface area (Å²) in [7, 11) is 0. The van der Waals surface area contributed by atoms with E-state index >= 15 is 0 Å². The molecule has 0 aliphatic heterocycles. The Labute approximate surface area is 195 Å². The predicted molar refractivity (Wildman–Crippen MR) is 115 cm³/mol. The molecule has 0 saturated heterocycles. The first-order valence-electron chi connectivity index (χ1n) is 9.43. The number of rotatable bonds is 2. The standard InChI is InChI=1S/C19H13N2O.C7H5N.Pt/c22-19-13-7-6-12-18(19)21-14-20(15-8-2-1-3-9-15)16-10-4-5-11-17(16)21;8-6-7-4-2-1-3-5-7;/h1-8,10-13,22H;1-5H;/q-1;;+2. The molecule has 5 aromatic rings. The summed E-state index contributed by atoms with van der Waals surface area (Å²) in [5.41, 5.74) is 4.31. The number of aromatic nitrogens is 2. The second-order valence-corrected chi connectivity index (χ2v) is 6.47. The van der Waals surface area contributed by atoms with Gasteiger partial charge < -0.3 is 9.67 Å². The zero-order valence-electron chi connectivity index (χ0n) is 16.4. The van der Waals surface area contributed by atoms with Crippen LogP contribution in [0.1, 0.15) is 5.56 Å². The molecule has 0 radical (unpaired) electrons. The number of hydrogen-bond acceptors (Lipinski definition) is 2. The molecule has 152 valence electrons. The summed E-state index contributed by atoms with van der Waals surface area (Å²) in [6, 6.07) is 37.4. The van der Waals surface area contributed by atoms with Crippen molar-refractivity contribution in [2.75, 3.05) is 0 Å². The van der Waals surface area contributed by atoms with Crippen LogP contribution in [0.2, 0.25) is 0 Å². The molecule has 0 saturated carbocycles. The van der Waals surface area contributed by atoms with Gasteiger partial charge in [-0.1, -0.05) is 54.6 Å². The van der Waals surface area contributed by atoms with E-state index in [1.54, 1.807) is 18.2 Å². The maximum atomic E-state index is 10.1. The number of nitrogens with zero attached hydrogens (tertiary/aromatic N) is 3. The Morgan fingerprint density at radius 3 is 2.16 bits per heavy atom. The predicted octanol–water partition coefficient (Wildman–Crippen LogP) is 4.77. The number of imidazole rings is 1. The Bertz CT molecular complexity index is 1310. The van der Waals surface area contributed by atoms with Gasteiger partial charge in [-0.25, -0.2) is 0 Å². The number of phenolic OH excluding ortho intramolecular Hbond substituents is 1. The SMILES string of the molecule is N#Cc1ccccc1.Oc1ccccc1-[n+]1[c-]n(-c2[c-]cccc2)c2ccccc21.[Pt+2]. The van der Waals surface area contributed by atoms with Gasteiger partial charge >= 0.3 is 21.1 Å². The number of hydrogen-bond donors (Lipinski definition) is 1. The van der Waals surface area contributed by atoms with Crippen LogP contribution in [0.15, 0.2) is 103 Å². The van der Waals surface area contributed by atoms with Crippen LogP contribution >= 0.6 is 0 Å². The molecule has 1 heterocycles. The fourth-order valence-electron chi connectivity index (χ4n) is 3.11. The summed E-state index contributed by atoms with van der Waals surface area (Å²) in [4.78, 5) is 0.